The van der Waals surface area contributed by atoms with Gasteiger partial charge < -0.3 is 14.1 Å². The summed E-state index contributed by atoms with van der Waals surface area (Å²) in [6, 6.07) is 3.67. The summed E-state index contributed by atoms with van der Waals surface area (Å²) in [6.07, 6.45) is 2.61. The molecule has 1 aliphatic rings. The van der Waals surface area contributed by atoms with Crippen LogP contribution in [0, 0.1) is 11.8 Å². The van der Waals surface area contributed by atoms with Crippen LogP contribution in [0.2, 0.25) is 0 Å². The Bertz CT molecular complexity index is 440. The number of carbonyl (C=O) groups excluding carboxylic acids is 2. The van der Waals surface area contributed by atoms with Crippen LogP contribution in [0.4, 0.5) is 0 Å². The van der Waals surface area contributed by atoms with Gasteiger partial charge >= 0.3 is 5.97 Å². The third-order valence-electron chi connectivity index (χ3n) is 3.63. The highest BCUT2D eigenvalue weighted by molar-refractivity contribution is 5.79. The summed E-state index contributed by atoms with van der Waals surface area (Å²) in [5, 5.41) is 0. The van der Waals surface area contributed by atoms with Gasteiger partial charge in [-0.3, -0.25) is 9.59 Å². The van der Waals surface area contributed by atoms with Gasteiger partial charge in [0.05, 0.1) is 19.3 Å². The quantitative estimate of drug-likeness (QED) is 0.774. The van der Waals surface area contributed by atoms with Crippen molar-refractivity contribution in [2.45, 2.75) is 19.8 Å². The van der Waals surface area contributed by atoms with Gasteiger partial charge in [0.25, 0.3) is 0 Å². The van der Waals surface area contributed by atoms with E-state index >= 15 is 0 Å². The minimum absolute atomic E-state index is 0.0645. The van der Waals surface area contributed by atoms with Crippen molar-refractivity contribution >= 4 is 11.9 Å². The fraction of sp³-hybridized carbons (Fsp3) is 0.571. The van der Waals surface area contributed by atoms with Crippen LogP contribution in [-0.4, -0.2) is 37.0 Å². The minimum atomic E-state index is -0.228. The molecular weight excluding hydrogens is 246 g/mol. The van der Waals surface area contributed by atoms with Crippen LogP contribution in [0.5, 0.6) is 0 Å². The van der Waals surface area contributed by atoms with Crippen LogP contribution in [0.25, 0.3) is 0 Å². The molecule has 2 rings (SSSR count). The Morgan fingerprint density at radius 3 is 2.89 bits per heavy atom. The number of methoxy groups -OCH3 is 1. The van der Waals surface area contributed by atoms with Gasteiger partial charge in [-0.25, -0.2) is 0 Å². The fourth-order valence-electron chi connectivity index (χ4n) is 2.47. The molecule has 0 aromatic carbocycles. The van der Waals surface area contributed by atoms with E-state index < -0.39 is 0 Å². The Balaban J connectivity index is 1.85. The predicted molar refractivity (Wildman–Crippen MR) is 68.3 cm³/mol. The highest BCUT2D eigenvalue weighted by atomic mass is 16.5. The van der Waals surface area contributed by atoms with E-state index in [1.54, 1.807) is 11.2 Å². The summed E-state index contributed by atoms with van der Waals surface area (Å²) in [5.41, 5.74) is 0. The van der Waals surface area contributed by atoms with Gasteiger partial charge in [0.1, 0.15) is 5.76 Å². The van der Waals surface area contributed by atoms with E-state index in [2.05, 4.69) is 0 Å². The average molecular weight is 265 g/mol. The summed E-state index contributed by atoms with van der Waals surface area (Å²) >= 11 is 0. The fourth-order valence-corrected chi connectivity index (χ4v) is 2.47. The maximum atomic E-state index is 12.1. The summed E-state index contributed by atoms with van der Waals surface area (Å²) in [4.78, 5) is 25.4. The van der Waals surface area contributed by atoms with Crippen LogP contribution < -0.4 is 0 Å². The Kier molecular flexibility index (Phi) is 4.24. The van der Waals surface area contributed by atoms with E-state index in [0.717, 1.165) is 5.76 Å². The van der Waals surface area contributed by atoms with Gasteiger partial charge in [-0.15, -0.1) is 0 Å². The Morgan fingerprint density at radius 1 is 1.47 bits per heavy atom. The van der Waals surface area contributed by atoms with E-state index in [0.29, 0.717) is 25.9 Å². The Morgan fingerprint density at radius 2 is 2.26 bits per heavy atom. The van der Waals surface area contributed by atoms with Crippen molar-refractivity contribution < 1.29 is 18.7 Å². The lowest BCUT2D eigenvalue weighted by atomic mass is 9.99. The zero-order valence-corrected chi connectivity index (χ0v) is 11.3. The number of likely N-dealkylation sites (tertiary alicyclic amines) is 1. The number of hydrogen-bond donors (Lipinski definition) is 0. The SMILES string of the molecule is COC(=O)C1CN(C(=O)CCc2ccco2)CC1C. The molecule has 1 aromatic rings. The molecule has 104 valence electrons. The molecular formula is C14H19NO4. The molecule has 19 heavy (non-hydrogen) atoms. The highest BCUT2D eigenvalue weighted by Crippen LogP contribution is 2.24. The van der Waals surface area contributed by atoms with Crippen LogP contribution in [0.3, 0.4) is 0 Å². The van der Waals surface area contributed by atoms with E-state index in [1.807, 2.05) is 19.1 Å². The number of hydrogen-bond acceptors (Lipinski definition) is 4. The van der Waals surface area contributed by atoms with Gasteiger partial charge in [0, 0.05) is 25.9 Å². The van der Waals surface area contributed by atoms with Crippen LogP contribution in [0.1, 0.15) is 19.1 Å². The predicted octanol–water partition coefficient (Wildman–Crippen LogP) is 1.48. The first-order chi connectivity index (χ1) is 9.11. The van der Waals surface area contributed by atoms with Crippen LogP contribution >= 0.6 is 0 Å². The molecule has 0 spiro atoms. The number of carbonyl (C=O) groups is 2. The molecule has 0 bridgehead atoms. The Hall–Kier alpha value is -1.78. The molecule has 5 nitrogen and oxygen atoms in total. The maximum absolute atomic E-state index is 12.1. The van der Waals surface area contributed by atoms with Crippen molar-refractivity contribution in [3.05, 3.63) is 24.2 Å². The average Bonchev–Trinajstić information content (AvgIpc) is 3.04. The van der Waals surface area contributed by atoms with E-state index in [-0.39, 0.29) is 23.7 Å². The van der Waals surface area contributed by atoms with E-state index in [1.165, 1.54) is 7.11 Å². The number of nitrogens with zero attached hydrogens (tertiary/aromatic N) is 1. The zero-order valence-electron chi connectivity index (χ0n) is 11.3. The smallest absolute Gasteiger partial charge is 0.310 e. The molecule has 2 atom stereocenters. The number of amides is 1. The lowest BCUT2D eigenvalue weighted by molar-refractivity contribution is -0.146. The van der Waals surface area contributed by atoms with E-state index in [4.69, 9.17) is 9.15 Å². The van der Waals surface area contributed by atoms with Crippen molar-refractivity contribution in [2.75, 3.05) is 20.2 Å². The lowest BCUT2D eigenvalue weighted by Gasteiger charge is -2.15. The molecule has 0 radical (unpaired) electrons. The third kappa shape index (κ3) is 3.16. The summed E-state index contributed by atoms with van der Waals surface area (Å²) in [7, 11) is 1.39. The molecule has 1 aromatic heterocycles. The van der Waals surface area contributed by atoms with Crippen molar-refractivity contribution in [2.24, 2.45) is 11.8 Å². The second-order valence-electron chi connectivity index (χ2n) is 4.99. The molecule has 0 N–H and O–H groups in total. The molecule has 1 fully saturated rings. The molecule has 1 amide bonds. The maximum Gasteiger partial charge on any atom is 0.310 e. The molecule has 0 saturated carbocycles. The second kappa shape index (κ2) is 5.91. The standard InChI is InChI=1S/C14H19NO4/c1-10-8-15(9-12(10)14(17)18-2)13(16)6-5-11-4-3-7-19-11/h3-4,7,10,12H,5-6,8-9H2,1-2H3. The molecule has 0 aliphatic carbocycles. The zero-order chi connectivity index (χ0) is 13.8. The van der Waals surface area contributed by atoms with Crippen LogP contribution in [-0.2, 0) is 20.7 Å². The topological polar surface area (TPSA) is 59.8 Å². The van der Waals surface area contributed by atoms with Crippen molar-refractivity contribution in [3.63, 3.8) is 0 Å². The number of esters is 1. The molecule has 5 heteroatoms. The van der Waals surface area contributed by atoms with Crippen molar-refractivity contribution in [3.8, 4) is 0 Å². The first-order valence-electron chi connectivity index (χ1n) is 6.49. The van der Waals surface area contributed by atoms with Crippen molar-refractivity contribution in [1.29, 1.82) is 0 Å². The largest absolute Gasteiger partial charge is 0.469 e. The van der Waals surface area contributed by atoms with Gasteiger partial charge in [-0.1, -0.05) is 6.92 Å². The summed E-state index contributed by atoms with van der Waals surface area (Å²) in [6.45, 7) is 3.06. The summed E-state index contributed by atoms with van der Waals surface area (Å²) < 4.78 is 9.96. The number of furan rings is 1. The first-order valence-corrected chi connectivity index (χ1v) is 6.49. The monoisotopic (exact) mass is 265 g/mol. The first kappa shape index (κ1) is 13.6. The van der Waals surface area contributed by atoms with Gasteiger partial charge in [0.15, 0.2) is 0 Å². The number of ether oxygens (including phenoxy) is 1. The molecule has 2 unspecified atom stereocenters. The molecule has 2 heterocycles. The third-order valence-corrected chi connectivity index (χ3v) is 3.63. The molecule has 1 saturated heterocycles. The summed E-state index contributed by atoms with van der Waals surface area (Å²) in [5.74, 6) is 0.603. The minimum Gasteiger partial charge on any atom is -0.469 e. The second-order valence-corrected chi connectivity index (χ2v) is 4.99. The van der Waals surface area contributed by atoms with Crippen molar-refractivity contribution in [1.82, 2.24) is 4.90 Å². The number of aryl methyl sites for hydroxylation is 1. The van der Waals surface area contributed by atoms with Gasteiger partial charge in [0.2, 0.25) is 5.91 Å². The highest BCUT2D eigenvalue weighted by Gasteiger charge is 2.37. The van der Waals surface area contributed by atoms with E-state index in [9.17, 15) is 9.59 Å². The number of rotatable bonds is 4. The van der Waals surface area contributed by atoms with Gasteiger partial charge in [-0.05, 0) is 18.1 Å². The molecule has 1 aliphatic heterocycles. The Labute approximate surface area is 112 Å². The lowest BCUT2D eigenvalue weighted by Crippen LogP contribution is -2.30. The normalized spacial score (nSPS) is 22.5. The van der Waals surface area contributed by atoms with Gasteiger partial charge in [-0.2, -0.15) is 0 Å². The van der Waals surface area contributed by atoms with Crippen LogP contribution in [0.15, 0.2) is 22.8 Å².